The zero-order valence-electron chi connectivity index (χ0n) is 18.5. The lowest BCUT2D eigenvalue weighted by molar-refractivity contribution is 0.155. The molecule has 2 N–H and O–H groups in total. The number of likely N-dealkylation sites (tertiary alicyclic amines) is 1. The fourth-order valence-electron chi connectivity index (χ4n) is 3.96. The van der Waals surface area contributed by atoms with E-state index in [0.29, 0.717) is 12.6 Å². The van der Waals surface area contributed by atoms with Crippen molar-refractivity contribution in [3.63, 3.8) is 0 Å². The SMILES string of the molecule is CCNC(=NCc1cccc(N2CC=CC2)c1)NC1CCN(CCCOC)CC1.I. The number of hydrogen-bond acceptors (Lipinski definition) is 4. The average molecular weight is 527 g/mol. The Morgan fingerprint density at radius 3 is 2.67 bits per heavy atom. The second kappa shape index (κ2) is 13.9. The third kappa shape index (κ3) is 8.07. The first-order valence-corrected chi connectivity index (χ1v) is 11.0. The molecule has 2 aliphatic rings. The Hall–Kier alpha value is -1.32. The molecule has 0 amide bonds. The third-order valence-corrected chi connectivity index (χ3v) is 5.61. The first-order valence-electron chi connectivity index (χ1n) is 11.0. The first kappa shape index (κ1) is 24.9. The van der Waals surface area contributed by atoms with Crippen LogP contribution in [0, 0.1) is 0 Å². The van der Waals surface area contributed by atoms with Crippen LogP contribution in [0.3, 0.4) is 0 Å². The number of benzene rings is 1. The molecule has 1 fully saturated rings. The summed E-state index contributed by atoms with van der Waals surface area (Å²) in [4.78, 5) is 9.77. The predicted molar refractivity (Wildman–Crippen MR) is 137 cm³/mol. The highest BCUT2D eigenvalue weighted by Crippen LogP contribution is 2.19. The van der Waals surface area contributed by atoms with E-state index < -0.39 is 0 Å². The molecule has 6 nitrogen and oxygen atoms in total. The van der Waals surface area contributed by atoms with Crippen LogP contribution in [0.4, 0.5) is 5.69 Å². The van der Waals surface area contributed by atoms with Crippen LogP contribution in [-0.2, 0) is 11.3 Å². The van der Waals surface area contributed by atoms with E-state index in [1.165, 1.54) is 11.3 Å². The van der Waals surface area contributed by atoms with Crippen molar-refractivity contribution in [2.24, 2.45) is 4.99 Å². The lowest BCUT2D eigenvalue weighted by Gasteiger charge is -2.33. The molecule has 0 atom stereocenters. The fourth-order valence-corrected chi connectivity index (χ4v) is 3.96. The molecule has 0 aliphatic carbocycles. The van der Waals surface area contributed by atoms with Crippen LogP contribution < -0.4 is 15.5 Å². The zero-order valence-corrected chi connectivity index (χ0v) is 20.8. The van der Waals surface area contributed by atoms with Crippen molar-refractivity contribution < 1.29 is 4.74 Å². The lowest BCUT2D eigenvalue weighted by atomic mass is 10.1. The van der Waals surface area contributed by atoms with Gasteiger partial charge in [-0.2, -0.15) is 0 Å². The molecule has 1 aromatic carbocycles. The number of piperidine rings is 1. The molecule has 0 aromatic heterocycles. The molecule has 30 heavy (non-hydrogen) atoms. The van der Waals surface area contributed by atoms with Gasteiger partial charge in [0.15, 0.2) is 5.96 Å². The number of anilines is 1. The van der Waals surface area contributed by atoms with Crippen LogP contribution in [0.2, 0.25) is 0 Å². The van der Waals surface area contributed by atoms with Crippen molar-refractivity contribution in [1.82, 2.24) is 15.5 Å². The van der Waals surface area contributed by atoms with Gasteiger partial charge in [0, 0.05) is 64.7 Å². The van der Waals surface area contributed by atoms with Crippen molar-refractivity contribution in [3.8, 4) is 0 Å². The number of rotatable bonds is 9. The Morgan fingerprint density at radius 2 is 1.97 bits per heavy atom. The molecule has 1 aromatic rings. The standard InChI is InChI=1S/C23H37N5O.HI/c1-3-24-23(26-21-10-15-27(16-11-21)12-7-17-29-2)25-19-20-8-6-9-22(18-20)28-13-4-5-14-28;/h4-6,8-9,18,21H,3,7,10-17,19H2,1-2H3,(H2,24,25,26);1H. The minimum Gasteiger partial charge on any atom is -0.385 e. The molecular weight excluding hydrogens is 489 g/mol. The number of halogens is 1. The first-order chi connectivity index (χ1) is 14.3. The highest BCUT2D eigenvalue weighted by molar-refractivity contribution is 14.0. The Labute approximate surface area is 199 Å². The van der Waals surface area contributed by atoms with E-state index in [1.807, 2.05) is 0 Å². The fraction of sp³-hybridized carbons (Fsp3) is 0.609. The van der Waals surface area contributed by atoms with E-state index in [4.69, 9.17) is 9.73 Å². The van der Waals surface area contributed by atoms with Crippen molar-refractivity contribution >= 4 is 35.6 Å². The maximum atomic E-state index is 5.16. The highest BCUT2D eigenvalue weighted by Gasteiger charge is 2.19. The van der Waals surface area contributed by atoms with Crippen molar-refractivity contribution in [2.75, 3.05) is 57.9 Å². The number of methoxy groups -OCH3 is 1. The van der Waals surface area contributed by atoms with Gasteiger partial charge >= 0.3 is 0 Å². The van der Waals surface area contributed by atoms with Gasteiger partial charge in [0.1, 0.15) is 0 Å². The molecule has 0 saturated carbocycles. The van der Waals surface area contributed by atoms with Crippen molar-refractivity contribution in [3.05, 3.63) is 42.0 Å². The summed E-state index contributed by atoms with van der Waals surface area (Å²) >= 11 is 0. The third-order valence-electron chi connectivity index (χ3n) is 5.61. The minimum atomic E-state index is 0. The Bertz CT molecular complexity index is 665. The second-order valence-electron chi connectivity index (χ2n) is 7.85. The van der Waals surface area contributed by atoms with E-state index >= 15 is 0 Å². The van der Waals surface area contributed by atoms with E-state index in [1.54, 1.807) is 7.11 Å². The quantitative estimate of drug-likeness (QED) is 0.170. The van der Waals surface area contributed by atoms with Gasteiger partial charge < -0.3 is 25.2 Å². The zero-order chi connectivity index (χ0) is 20.3. The van der Waals surface area contributed by atoms with E-state index in [2.05, 4.69) is 63.8 Å². The van der Waals surface area contributed by atoms with Gasteiger partial charge in [-0.3, -0.25) is 0 Å². The number of hydrogen-bond donors (Lipinski definition) is 2. The van der Waals surface area contributed by atoms with Gasteiger partial charge in [-0.15, -0.1) is 24.0 Å². The smallest absolute Gasteiger partial charge is 0.191 e. The Morgan fingerprint density at radius 1 is 1.20 bits per heavy atom. The van der Waals surface area contributed by atoms with Crippen LogP contribution in [0.25, 0.3) is 0 Å². The molecule has 0 radical (unpaired) electrons. The molecule has 0 bridgehead atoms. The largest absolute Gasteiger partial charge is 0.385 e. The van der Waals surface area contributed by atoms with Crippen LogP contribution in [0.5, 0.6) is 0 Å². The van der Waals surface area contributed by atoms with Gasteiger partial charge in [-0.05, 0) is 43.9 Å². The number of nitrogens with zero attached hydrogens (tertiary/aromatic N) is 3. The van der Waals surface area contributed by atoms with E-state index in [-0.39, 0.29) is 24.0 Å². The molecular formula is C23H38IN5O. The summed E-state index contributed by atoms with van der Waals surface area (Å²) in [7, 11) is 1.78. The number of aliphatic imine (C=N–C) groups is 1. The van der Waals surface area contributed by atoms with Gasteiger partial charge in [0.2, 0.25) is 0 Å². The molecule has 2 aliphatic heterocycles. The second-order valence-corrected chi connectivity index (χ2v) is 7.85. The molecule has 1 saturated heterocycles. The van der Waals surface area contributed by atoms with Crippen LogP contribution in [0.1, 0.15) is 31.7 Å². The summed E-state index contributed by atoms with van der Waals surface area (Å²) in [5, 5.41) is 7.06. The summed E-state index contributed by atoms with van der Waals surface area (Å²) in [5.74, 6) is 0.929. The van der Waals surface area contributed by atoms with E-state index in [9.17, 15) is 0 Å². The summed E-state index contributed by atoms with van der Waals surface area (Å²) in [6.45, 7) is 9.97. The normalized spacial score (nSPS) is 17.8. The van der Waals surface area contributed by atoms with Crippen molar-refractivity contribution in [1.29, 1.82) is 0 Å². The minimum absolute atomic E-state index is 0. The molecule has 0 unspecified atom stereocenters. The van der Waals surface area contributed by atoms with Crippen LogP contribution in [0.15, 0.2) is 41.4 Å². The summed E-state index contributed by atoms with van der Waals surface area (Å²) in [6.07, 6.45) is 7.89. The van der Waals surface area contributed by atoms with Crippen molar-refractivity contribution in [2.45, 2.75) is 38.8 Å². The monoisotopic (exact) mass is 527 g/mol. The summed E-state index contributed by atoms with van der Waals surface area (Å²) in [5.41, 5.74) is 2.53. The maximum Gasteiger partial charge on any atom is 0.191 e. The highest BCUT2D eigenvalue weighted by atomic mass is 127. The van der Waals surface area contributed by atoms with Crippen LogP contribution in [-0.4, -0.2) is 69.9 Å². The Balaban J connectivity index is 0.00000320. The van der Waals surface area contributed by atoms with E-state index in [0.717, 1.165) is 71.1 Å². The lowest BCUT2D eigenvalue weighted by Crippen LogP contribution is -2.48. The maximum absolute atomic E-state index is 5.16. The van der Waals surface area contributed by atoms with Gasteiger partial charge in [0.25, 0.3) is 0 Å². The molecule has 7 heteroatoms. The topological polar surface area (TPSA) is 52.1 Å². The van der Waals surface area contributed by atoms with Gasteiger partial charge in [0.05, 0.1) is 6.54 Å². The molecule has 0 spiro atoms. The molecule has 2 heterocycles. The number of nitrogens with one attached hydrogen (secondary N) is 2. The summed E-state index contributed by atoms with van der Waals surface area (Å²) < 4.78 is 5.16. The van der Waals surface area contributed by atoms with Gasteiger partial charge in [-0.25, -0.2) is 4.99 Å². The molecule has 3 rings (SSSR count). The number of ether oxygens (including phenoxy) is 1. The Kier molecular flexibility index (Phi) is 11.5. The van der Waals surface area contributed by atoms with Crippen LogP contribution >= 0.6 is 24.0 Å². The number of guanidine groups is 1. The van der Waals surface area contributed by atoms with Gasteiger partial charge in [-0.1, -0.05) is 24.3 Å². The molecule has 168 valence electrons. The summed E-state index contributed by atoms with van der Waals surface area (Å²) in [6, 6.07) is 9.24. The predicted octanol–water partition coefficient (Wildman–Crippen LogP) is 3.24. The average Bonchev–Trinajstić information content (AvgIpc) is 3.29.